The first kappa shape index (κ1) is 19.4. The van der Waals surface area contributed by atoms with Crippen LogP contribution in [0.3, 0.4) is 0 Å². The summed E-state index contributed by atoms with van der Waals surface area (Å²) in [4.78, 5) is 33.1. The van der Waals surface area contributed by atoms with Crippen LogP contribution in [0.4, 0.5) is 0 Å². The van der Waals surface area contributed by atoms with Gasteiger partial charge in [0, 0.05) is 38.6 Å². The molecule has 0 spiro atoms. The SMILES string of the molecule is CC(C)CC(=O)N1CCN(C(=O)Cc2ccc3c(c2)ncn3C(C)C)CC1. The van der Waals surface area contributed by atoms with Gasteiger partial charge in [-0.15, -0.1) is 0 Å². The van der Waals surface area contributed by atoms with Crippen molar-refractivity contribution in [2.24, 2.45) is 5.92 Å². The van der Waals surface area contributed by atoms with E-state index in [4.69, 9.17) is 0 Å². The van der Waals surface area contributed by atoms with Crippen molar-refractivity contribution in [2.45, 2.75) is 46.6 Å². The van der Waals surface area contributed by atoms with Crippen molar-refractivity contribution in [3.05, 3.63) is 30.1 Å². The van der Waals surface area contributed by atoms with Crippen LogP contribution in [0.2, 0.25) is 0 Å². The smallest absolute Gasteiger partial charge is 0.227 e. The predicted octanol–water partition coefficient (Wildman–Crippen LogP) is 2.88. The summed E-state index contributed by atoms with van der Waals surface area (Å²) in [5.41, 5.74) is 3.01. The second kappa shape index (κ2) is 8.11. The Kier molecular flexibility index (Phi) is 5.82. The zero-order valence-corrected chi connectivity index (χ0v) is 16.8. The fraction of sp³-hybridized carbons (Fsp3) is 0.571. The van der Waals surface area contributed by atoms with E-state index in [1.165, 1.54) is 0 Å². The summed E-state index contributed by atoms with van der Waals surface area (Å²) >= 11 is 0. The average molecular weight is 370 g/mol. The zero-order valence-electron chi connectivity index (χ0n) is 16.8. The van der Waals surface area contributed by atoms with Gasteiger partial charge in [-0.05, 0) is 37.5 Å². The van der Waals surface area contributed by atoms with E-state index in [-0.39, 0.29) is 11.8 Å². The van der Waals surface area contributed by atoms with Crippen LogP contribution in [-0.4, -0.2) is 57.3 Å². The molecule has 3 rings (SSSR count). The molecule has 0 unspecified atom stereocenters. The summed E-state index contributed by atoms with van der Waals surface area (Å²) in [6.07, 6.45) is 2.82. The lowest BCUT2D eigenvalue weighted by molar-refractivity contribution is -0.139. The molecule has 27 heavy (non-hydrogen) atoms. The van der Waals surface area contributed by atoms with Crippen LogP contribution in [0.25, 0.3) is 11.0 Å². The van der Waals surface area contributed by atoms with Crippen LogP contribution in [-0.2, 0) is 16.0 Å². The zero-order chi connectivity index (χ0) is 19.6. The lowest BCUT2D eigenvalue weighted by atomic mass is 10.1. The second-order valence-electron chi connectivity index (χ2n) is 8.10. The summed E-state index contributed by atoms with van der Waals surface area (Å²) in [5.74, 6) is 0.683. The highest BCUT2D eigenvalue weighted by Gasteiger charge is 2.24. The van der Waals surface area contributed by atoms with E-state index < -0.39 is 0 Å². The maximum atomic E-state index is 12.7. The molecule has 1 aliphatic heterocycles. The molecule has 1 aliphatic rings. The third kappa shape index (κ3) is 4.49. The number of fused-ring (bicyclic) bond motifs is 1. The first-order valence-corrected chi connectivity index (χ1v) is 9.86. The molecular weight excluding hydrogens is 340 g/mol. The lowest BCUT2D eigenvalue weighted by Gasteiger charge is -2.35. The van der Waals surface area contributed by atoms with E-state index in [0.717, 1.165) is 16.6 Å². The molecule has 6 nitrogen and oxygen atoms in total. The normalized spacial score (nSPS) is 15.2. The van der Waals surface area contributed by atoms with Gasteiger partial charge in [-0.1, -0.05) is 19.9 Å². The van der Waals surface area contributed by atoms with Crippen LogP contribution in [0.5, 0.6) is 0 Å². The van der Waals surface area contributed by atoms with Crippen LogP contribution >= 0.6 is 0 Å². The highest BCUT2D eigenvalue weighted by molar-refractivity contribution is 5.82. The van der Waals surface area contributed by atoms with Gasteiger partial charge in [-0.25, -0.2) is 4.98 Å². The third-order valence-corrected chi connectivity index (χ3v) is 5.12. The number of carbonyl (C=O) groups is 2. The molecule has 6 heteroatoms. The molecule has 0 saturated carbocycles. The van der Waals surface area contributed by atoms with Gasteiger partial charge in [0.1, 0.15) is 0 Å². The summed E-state index contributed by atoms with van der Waals surface area (Å²) in [6.45, 7) is 10.9. The van der Waals surface area contributed by atoms with E-state index in [9.17, 15) is 9.59 Å². The van der Waals surface area contributed by atoms with Crippen molar-refractivity contribution in [1.82, 2.24) is 19.4 Å². The number of benzene rings is 1. The maximum Gasteiger partial charge on any atom is 0.227 e. The molecule has 1 fully saturated rings. The number of piperazine rings is 1. The Balaban J connectivity index is 1.58. The summed E-state index contributed by atoms with van der Waals surface area (Å²) in [5, 5.41) is 0. The van der Waals surface area contributed by atoms with Gasteiger partial charge in [0.25, 0.3) is 0 Å². The minimum atomic E-state index is 0.119. The minimum Gasteiger partial charge on any atom is -0.339 e. The van der Waals surface area contributed by atoms with Crippen LogP contribution in [0.15, 0.2) is 24.5 Å². The molecule has 2 aromatic rings. The Hall–Kier alpha value is -2.37. The first-order valence-electron chi connectivity index (χ1n) is 9.86. The Morgan fingerprint density at radius 3 is 2.22 bits per heavy atom. The van der Waals surface area contributed by atoms with E-state index >= 15 is 0 Å². The van der Waals surface area contributed by atoms with E-state index in [2.05, 4.69) is 37.2 Å². The molecule has 146 valence electrons. The monoisotopic (exact) mass is 370 g/mol. The van der Waals surface area contributed by atoms with Crippen molar-refractivity contribution >= 4 is 22.8 Å². The number of rotatable bonds is 5. The molecule has 0 N–H and O–H groups in total. The number of imidazole rings is 1. The maximum absolute atomic E-state index is 12.7. The van der Waals surface area contributed by atoms with Crippen molar-refractivity contribution in [3.63, 3.8) is 0 Å². The Labute approximate surface area is 161 Å². The Morgan fingerprint density at radius 2 is 1.63 bits per heavy atom. The fourth-order valence-electron chi connectivity index (χ4n) is 3.57. The highest BCUT2D eigenvalue weighted by atomic mass is 16.2. The average Bonchev–Trinajstić information content (AvgIpc) is 3.04. The molecule has 2 heterocycles. The van der Waals surface area contributed by atoms with Crippen molar-refractivity contribution in [3.8, 4) is 0 Å². The summed E-state index contributed by atoms with van der Waals surface area (Å²) in [6, 6.07) is 6.43. The topological polar surface area (TPSA) is 58.4 Å². The Morgan fingerprint density at radius 1 is 1.00 bits per heavy atom. The number of nitrogens with zero attached hydrogens (tertiary/aromatic N) is 4. The predicted molar refractivity (Wildman–Crippen MR) is 106 cm³/mol. The molecule has 0 radical (unpaired) electrons. The standard InChI is InChI=1S/C21H30N4O2/c1-15(2)11-20(26)23-7-9-24(10-8-23)21(27)13-17-5-6-19-18(12-17)22-14-25(19)16(3)4/h5-6,12,14-16H,7-11,13H2,1-4H3. The molecule has 2 amide bonds. The Bertz CT molecular complexity index is 817. The van der Waals surface area contributed by atoms with E-state index in [1.54, 1.807) is 0 Å². The van der Waals surface area contributed by atoms with Crippen LogP contribution in [0.1, 0.15) is 45.7 Å². The minimum absolute atomic E-state index is 0.119. The van der Waals surface area contributed by atoms with Crippen molar-refractivity contribution in [1.29, 1.82) is 0 Å². The van der Waals surface area contributed by atoms with Gasteiger partial charge >= 0.3 is 0 Å². The number of carbonyl (C=O) groups excluding carboxylic acids is 2. The summed E-state index contributed by atoms with van der Waals surface area (Å²) in [7, 11) is 0. The highest BCUT2D eigenvalue weighted by Crippen LogP contribution is 2.19. The molecule has 0 bridgehead atoms. The molecule has 0 aliphatic carbocycles. The van der Waals surface area contributed by atoms with Gasteiger partial charge in [0.05, 0.1) is 23.8 Å². The summed E-state index contributed by atoms with van der Waals surface area (Å²) < 4.78 is 2.13. The lowest BCUT2D eigenvalue weighted by Crippen LogP contribution is -2.51. The second-order valence-corrected chi connectivity index (χ2v) is 8.10. The quantitative estimate of drug-likeness (QED) is 0.813. The third-order valence-electron chi connectivity index (χ3n) is 5.12. The van der Waals surface area contributed by atoms with Gasteiger partial charge in [0.2, 0.25) is 11.8 Å². The molecular formula is C21H30N4O2. The van der Waals surface area contributed by atoms with Gasteiger partial charge < -0.3 is 14.4 Å². The first-order chi connectivity index (χ1) is 12.8. The number of aromatic nitrogens is 2. The molecule has 1 aromatic carbocycles. The van der Waals surface area contributed by atoms with E-state index in [1.807, 2.05) is 34.3 Å². The van der Waals surface area contributed by atoms with Crippen molar-refractivity contribution < 1.29 is 9.59 Å². The number of hydrogen-bond donors (Lipinski definition) is 0. The fourth-order valence-corrected chi connectivity index (χ4v) is 3.57. The largest absolute Gasteiger partial charge is 0.339 e. The van der Waals surface area contributed by atoms with Crippen LogP contribution in [0, 0.1) is 5.92 Å². The van der Waals surface area contributed by atoms with Crippen molar-refractivity contribution in [2.75, 3.05) is 26.2 Å². The van der Waals surface area contributed by atoms with Crippen LogP contribution < -0.4 is 0 Å². The molecule has 1 aromatic heterocycles. The number of hydrogen-bond acceptors (Lipinski definition) is 3. The van der Waals surface area contributed by atoms with Gasteiger partial charge in [-0.3, -0.25) is 9.59 Å². The molecule has 1 saturated heterocycles. The van der Waals surface area contributed by atoms with E-state index in [0.29, 0.717) is 51.0 Å². The van der Waals surface area contributed by atoms with Gasteiger partial charge in [0.15, 0.2) is 0 Å². The van der Waals surface area contributed by atoms with Gasteiger partial charge in [-0.2, -0.15) is 0 Å². The molecule has 0 atom stereocenters. The number of amides is 2.